The van der Waals surface area contributed by atoms with Gasteiger partial charge in [0.15, 0.2) is 11.4 Å². The summed E-state index contributed by atoms with van der Waals surface area (Å²) in [6.07, 6.45) is -5.36. The Balaban J connectivity index is 1.83. The molecule has 1 saturated heterocycles. The summed E-state index contributed by atoms with van der Waals surface area (Å²) in [7, 11) is 1.43. The van der Waals surface area contributed by atoms with E-state index in [9.17, 15) is 18.0 Å². The van der Waals surface area contributed by atoms with Crippen LogP contribution in [-0.4, -0.2) is 42.3 Å². The molecule has 2 aromatic heterocycles. The van der Waals surface area contributed by atoms with Crippen LogP contribution in [0.25, 0.3) is 22.1 Å². The van der Waals surface area contributed by atoms with Crippen LogP contribution in [0.4, 0.5) is 23.8 Å². The fraction of sp³-hybridized carbons (Fsp3) is 0.353. The molecule has 4 rings (SSSR count). The number of nitrogens with one attached hydrogen (secondary N) is 1. The van der Waals surface area contributed by atoms with Crippen LogP contribution in [0.5, 0.6) is 0 Å². The predicted octanol–water partition coefficient (Wildman–Crippen LogP) is 3.98. The smallest absolute Gasteiger partial charge is 0.450 e. The van der Waals surface area contributed by atoms with E-state index in [1.807, 2.05) is 0 Å². The van der Waals surface area contributed by atoms with Gasteiger partial charge < -0.3 is 19.4 Å². The van der Waals surface area contributed by atoms with Crippen molar-refractivity contribution in [2.75, 3.05) is 25.0 Å². The second kappa shape index (κ2) is 6.69. The molecule has 0 bridgehead atoms. The monoisotopic (exact) mass is 414 g/mol. The zero-order valence-corrected chi connectivity index (χ0v) is 15.3. The van der Waals surface area contributed by atoms with Gasteiger partial charge in [0.25, 0.3) is 0 Å². The number of furan rings is 1. The molecule has 1 amide bonds. The van der Waals surface area contributed by atoms with Gasteiger partial charge in [-0.3, -0.25) is 0 Å². The highest BCUT2D eigenvalue weighted by molar-refractivity contribution is 6.31. The zero-order valence-electron chi connectivity index (χ0n) is 14.5. The van der Waals surface area contributed by atoms with E-state index in [0.29, 0.717) is 29.0 Å². The summed E-state index contributed by atoms with van der Waals surface area (Å²) in [5.74, 6) is -1.26. The lowest BCUT2D eigenvalue weighted by Gasteiger charge is -2.18. The lowest BCUT2D eigenvalue weighted by atomic mass is 10.2. The zero-order chi connectivity index (χ0) is 20.1. The van der Waals surface area contributed by atoms with Gasteiger partial charge >= 0.3 is 12.3 Å². The minimum atomic E-state index is -4.73. The third kappa shape index (κ3) is 3.28. The maximum atomic E-state index is 13.4. The number of aromatic nitrogens is 2. The molecule has 3 aromatic rings. The average molecular weight is 415 g/mol. The molecule has 1 aliphatic heterocycles. The Morgan fingerprint density at radius 1 is 1.39 bits per heavy atom. The van der Waals surface area contributed by atoms with E-state index in [1.165, 1.54) is 13.1 Å². The van der Waals surface area contributed by atoms with Gasteiger partial charge in [-0.25, -0.2) is 14.8 Å². The number of rotatable bonds is 2. The van der Waals surface area contributed by atoms with E-state index in [-0.39, 0.29) is 23.5 Å². The van der Waals surface area contributed by atoms with Crippen molar-refractivity contribution < 1.29 is 27.1 Å². The minimum Gasteiger partial charge on any atom is -0.450 e. The minimum absolute atomic E-state index is 0.00709. The van der Waals surface area contributed by atoms with Crippen LogP contribution >= 0.6 is 11.6 Å². The molecule has 0 saturated carbocycles. The molecule has 28 heavy (non-hydrogen) atoms. The first kappa shape index (κ1) is 18.6. The van der Waals surface area contributed by atoms with Crippen molar-refractivity contribution in [1.82, 2.24) is 15.3 Å². The normalized spacial score (nSPS) is 17.5. The van der Waals surface area contributed by atoms with E-state index in [2.05, 4.69) is 15.3 Å². The molecule has 1 atom stereocenters. The third-order valence-corrected chi connectivity index (χ3v) is 4.67. The summed E-state index contributed by atoms with van der Waals surface area (Å²) >= 11 is 5.98. The fourth-order valence-electron chi connectivity index (χ4n) is 3.17. The van der Waals surface area contributed by atoms with Gasteiger partial charge in [0.2, 0.25) is 5.82 Å². The van der Waals surface area contributed by atoms with Gasteiger partial charge in [-0.2, -0.15) is 13.2 Å². The molecule has 3 heterocycles. The topological polar surface area (TPSA) is 80.5 Å². The van der Waals surface area contributed by atoms with Gasteiger partial charge in [0.1, 0.15) is 17.2 Å². The summed E-state index contributed by atoms with van der Waals surface area (Å²) in [4.78, 5) is 20.4. The van der Waals surface area contributed by atoms with E-state index < -0.39 is 24.2 Å². The molecule has 11 heteroatoms. The van der Waals surface area contributed by atoms with Crippen LogP contribution in [0.2, 0.25) is 5.02 Å². The van der Waals surface area contributed by atoms with E-state index in [0.717, 1.165) is 0 Å². The van der Waals surface area contributed by atoms with E-state index in [4.69, 9.17) is 20.8 Å². The van der Waals surface area contributed by atoms with Gasteiger partial charge in [0, 0.05) is 30.4 Å². The molecule has 0 spiro atoms. The maximum absolute atomic E-state index is 13.4. The summed E-state index contributed by atoms with van der Waals surface area (Å²) in [6, 6.07) is 4.64. The average Bonchev–Trinajstić information content (AvgIpc) is 3.24. The third-order valence-electron chi connectivity index (χ3n) is 4.43. The molecule has 0 aliphatic carbocycles. The number of carbonyl (C=O) groups is 1. The van der Waals surface area contributed by atoms with E-state index in [1.54, 1.807) is 17.0 Å². The number of alkyl halides is 3. The standard InChI is InChI=1S/C17H14ClF3N4O3/c1-22-16(26)27-9-4-5-25(7-9)14-13-12(23-15(24-14)17(19,20)21)10-6-8(18)2-3-11(10)28-13/h2-3,6,9H,4-5,7H2,1H3,(H,22,26)/t9-/m0/s1. The van der Waals surface area contributed by atoms with Crippen molar-refractivity contribution in [2.24, 2.45) is 0 Å². The number of nitrogens with zero attached hydrogens (tertiary/aromatic N) is 3. The lowest BCUT2D eigenvalue weighted by molar-refractivity contribution is -0.144. The second-order valence-electron chi connectivity index (χ2n) is 6.30. The molecule has 1 aromatic carbocycles. The van der Waals surface area contributed by atoms with Crippen LogP contribution < -0.4 is 10.2 Å². The van der Waals surface area contributed by atoms with Crippen molar-refractivity contribution in [2.45, 2.75) is 18.7 Å². The Morgan fingerprint density at radius 2 is 2.18 bits per heavy atom. The van der Waals surface area contributed by atoms with Crippen molar-refractivity contribution in [1.29, 1.82) is 0 Å². The van der Waals surface area contributed by atoms with Crippen LogP contribution in [-0.2, 0) is 10.9 Å². The largest absolute Gasteiger partial charge is 0.451 e. The van der Waals surface area contributed by atoms with Crippen molar-refractivity contribution >= 4 is 45.6 Å². The molecule has 1 N–H and O–H groups in total. The highest BCUT2D eigenvalue weighted by Gasteiger charge is 2.38. The number of benzene rings is 1. The molecule has 1 aliphatic rings. The van der Waals surface area contributed by atoms with Gasteiger partial charge in [-0.05, 0) is 18.2 Å². The Hall–Kier alpha value is -2.75. The van der Waals surface area contributed by atoms with Gasteiger partial charge in [-0.15, -0.1) is 0 Å². The maximum Gasteiger partial charge on any atom is 0.451 e. The molecular weight excluding hydrogens is 401 g/mol. The molecule has 0 unspecified atom stereocenters. The first-order chi connectivity index (χ1) is 13.3. The highest BCUT2D eigenvalue weighted by atomic mass is 35.5. The van der Waals surface area contributed by atoms with Crippen LogP contribution in [0.1, 0.15) is 12.2 Å². The first-order valence-electron chi connectivity index (χ1n) is 8.36. The fourth-order valence-corrected chi connectivity index (χ4v) is 3.34. The number of halogens is 4. The number of fused-ring (bicyclic) bond motifs is 3. The molecule has 0 radical (unpaired) electrons. The molecule has 148 valence electrons. The Bertz CT molecular complexity index is 1070. The van der Waals surface area contributed by atoms with Crippen molar-refractivity contribution in [3.8, 4) is 0 Å². The summed E-state index contributed by atoms with van der Waals surface area (Å²) in [6.45, 7) is 0.539. The number of ether oxygens (including phenoxy) is 1. The number of carbonyl (C=O) groups excluding carboxylic acids is 1. The summed E-state index contributed by atoms with van der Waals surface area (Å²) < 4.78 is 51.1. The Morgan fingerprint density at radius 3 is 2.89 bits per heavy atom. The number of hydrogen-bond donors (Lipinski definition) is 1. The summed E-state index contributed by atoms with van der Waals surface area (Å²) in [5, 5.41) is 3.06. The molecule has 1 fully saturated rings. The predicted molar refractivity (Wildman–Crippen MR) is 95.5 cm³/mol. The number of amides is 1. The number of anilines is 1. The Kier molecular flexibility index (Phi) is 4.45. The number of alkyl carbamates (subject to hydrolysis) is 1. The quantitative estimate of drug-likeness (QED) is 0.683. The highest BCUT2D eigenvalue weighted by Crippen LogP contribution is 2.38. The van der Waals surface area contributed by atoms with Crippen molar-refractivity contribution in [3.63, 3.8) is 0 Å². The Labute approximate surface area is 161 Å². The summed E-state index contributed by atoms with van der Waals surface area (Å²) in [5.41, 5.74) is 0.517. The van der Waals surface area contributed by atoms with E-state index >= 15 is 0 Å². The second-order valence-corrected chi connectivity index (χ2v) is 6.74. The first-order valence-corrected chi connectivity index (χ1v) is 8.74. The van der Waals surface area contributed by atoms with Crippen LogP contribution in [0.15, 0.2) is 22.6 Å². The number of hydrogen-bond acceptors (Lipinski definition) is 6. The van der Waals surface area contributed by atoms with Gasteiger partial charge in [0.05, 0.1) is 6.54 Å². The van der Waals surface area contributed by atoms with Crippen LogP contribution in [0.3, 0.4) is 0 Å². The lowest BCUT2D eigenvalue weighted by Crippen LogP contribution is -2.29. The van der Waals surface area contributed by atoms with Crippen LogP contribution in [0, 0.1) is 0 Å². The van der Waals surface area contributed by atoms with Gasteiger partial charge in [-0.1, -0.05) is 11.6 Å². The van der Waals surface area contributed by atoms with Crippen molar-refractivity contribution in [3.05, 3.63) is 29.0 Å². The SMILES string of the molecule is CNC(=O)O[C@H]1CCN(c2nc(C(F)(F)F)nc3c2oc2ccc(Cl)cc23)C1. The molecular formula is C17H14ClF3N4O3. The molecule has 7 nitrogen and oxygen atoms in total.